The number of nitrogens with zero attached hydrogens (tertiary/aromatic N) is 1. The van der Waals surface area contributed by atoms with Crippen LogP contribution in [0, 0.1) is 0 Å². The molecule has 0 aliphatic carbocycles. The van der Waals surface area contributed by atoms with E-state index in [1.54, 1.807) is 21.1 Å². The minimum Gasteiger partial charge on any atom is -0.468 e. The van der Waals surface area contributed by atoms with Gasteiger partial charge in [-0.05, 0) is 26.3 Å². The van der Waals surface area contributed by atoms with E-state index in [0.29, 0.717) is 19.6 Å². The van der Waals surface area contributed by atoms with Gasteiger partial charge >= 0.3 is 5.97 Å². The fraction of sp³-hybridized carbons (Fsp3) is 0.923. The van der Waals surface area contributed by atoms with Crippen molar-refractivity contribution in [3.05, 3.63) is 0 Å². The maximum absolute atomic E-state index is 11.5. The molecule has 0 aromatic carbocycles. The number of carbonyl (C=O) groups excluding carboxylic acids is 1. The molecule has 19 heavy (non-hydrogen) atoms. The van der Waals surface area contributed by atoms with Crippen LogP contribution in [0.1, 0.15) is 19.8 Å². The third-order valence-electron chi connectivity index (χ3n) is 3.05. The Morgan fingerprint density at radius 3 is 2.05 bits per heavy atom. The van der Waals surface area contributed by atoms with E-state index < -0.39 is 5.54 Å². The molecule has 0 aromatic heterocycles. The molecule has 0 spiro atoms. The first-order valence-corrected chi connectivity index (χ1v) is 6.55. The second-order valence-electron chi connectivity index (χ2n) is 4.84. The SMILES string of the molecule is COCCN(CCCC(C)(N)C(=O)OC)CCOC. The van der Waals surface area contributed by atoms with Crippen LogP contribution in [0.15, 0.2) is 0 Å². The number of nitrogens with two attached hydrogens (primary N) is 1. The van der Waals surface area contributed by atoms with Crippen molar-refractivity contribution >= 4 is 5.97 Å². The minimum atomic E-state index is -0.914. The number of methoxy groups -OCH3 is 3. The Morgan fingerprint density at radius 1 is 1.11 bits per heavy atom. The van der Waals surface area contributed by atoms with Gasteiger partial charge in [-0.15, -0.1) is 0 Å². The lowest BCUT2D eigenvalue weighted by Gasteiger charge is -2.25. The lowest BCUT2D eigenvalue weighted by atomic mass is 9.97. The van der Waals surface area contributed by atoms with E-state index >= 15 is 0 Å². The smallest absolute Gasteiger partial charge is 0.325 e. The largest absolute Gasteiger partial charge is 0.468 e. The molecule has 1 atom stereocenters. The van der Waals surface area contributed by atoms with E-state index in [0.717, 1.165) is 26.1 Å². The fourth-order valence-corrected chi connectivity index (χ4v) is 1.78. The second-order valence-corrected chi connectivity index (χ2v) is 4.84. The zero-order chi connectivity index (χ0) is 14.7. The van der Waals surface area contributed by atoms with Crippen LogP contribution in [0.5, 0.6) is 0 Å². The maximum Gasteiger partial charge on any atom is 0.325 e. The first-order chi connectivity index (χ1) is 8.97. The minimum absolute atomic E-state index is 0.368. The molecule has 0 bridgehead atoms. The molecule has 0 aliphatic rings. The molecule has 0 heterocycles. The molecule has 0 rings (SSSR count). The molecule has 0 saturated carbocycles. The van der Waals surface area contributed by atoms with Crippen LogP contribution in [0.3, 0.4) is 0 Å². The second kappa shape index (κ2) is 10.1. The van der Waals surface area contributed by atoms with Crippen molar-refractivity contribution < 1.29 is 19.0 Å². The standard InChI is InChI=1S/C13H28N2O4/c1-13(14,12(16)19-4)6-5-7-15(8-10-17-2)9-11-18-3/h5-11,14H2,1-4H3. The molecule has 0 saturated heterocycles. The topological polar surface area (TPSA) is 74.0 Å². The molecule has 1 unspecified atom stereocenters. The number of hydrogen-bond acceptors (Lipinski definition) is 6. The number of rotatable bonds is 11. The van der Waals surface area contributed by atoms with Crippen molar-refractivity contribution in [2.75, 3.05) is 54.2 Å². The Morgan fingerprint density at radius 2 is 1.63 bits per heavy atom. The van der Waals surface area contributed by atoms with Crippen LogP contribution in [-0.2, 0) is 19.0 Å². The van der Waals surface area contributed by atoms with E-state index in [4.69, 9.17) is 15.2 Å². The average Bonchev–Trinajstić information content (AvgIpc) is 2.39. The highest BCUT2D eigenvalue weighted by molar-refractivity contribution is 5.79. The van der Waals surface area contributed by atoms with Gasteiger partial charge in [0.2, 0.25) is 0 Å². The summed E-state index contributed by atoms with van der Waals surface area (Å²) in [6.07, 6.45) is 1.42. The van der Waals surface area contributed by atoms with Gasteiger partial charge < -0.3 is 19.9 Å². The van der Waals surface area contributed by atoms with E-state index in [-0.39, 0.29) is 5.97 Å². The molecule has 0 amide bonds. The Bertz CT molecular complexity index is 239. The van der Waals surface area contributed by atoms with Crippen molar-refractivity contribution in [1.82, 2.24) is 4.90 Å². The summed E-state index contributed by atoms with van der Waals surface area (Å²) in [5.41, 5.74) is 5.00. The van der Waals surface area contributed by atoms with Gasteiger partial charge in [0.1, 0.15) is 5.54 Å². The van der Waals surface area contributed by atoms with Gasteiger partial charge in [-0.25, -0.2) is 0 Å². The Kier molecular flexibility index (Phi) is 9.77. The summed E-state index contributed by atoms with van der Waals surface area (Å²) in [5, 5.41) is 0. The van der Waals surface area contributed by atoms with Crippen molar-refractivity contribution in [3.8, 4) is 0 Å². The molecule has 6 nitrogen and oxygen atoms in total. The Balaban J connectivity index is 4.05. The maximum atomic E-state index is 11.5. The highest BCUT2D eigenvalue weighted by Crippen LogP contribution is 2.11. The summed E-state index contributed by atoms with van der Waals surface area (Å²) in [6.45, 7) is 5.62. The predicted octanol–water partition coefficient (Wildman–Crippen LogP) is 0.252. The molecule has 0 fully saturated rings. The molecule has 6 heteroatoms. The summed E-state index contributed by atoms with van der Waals surface area (Å²) in [4.78, 5) is 13.7. The normalized spacial score (nSPS) is 14.4. The molecule has 2 N–H and O–H groups in total. The van der Waals surface area contributed by atoms with Gasteiger partial charge in [-0.2, -0.15) is 0 Å². The molecule has 0 aliphatic heterocycles. The van der Waals surface area contributed by atoms with Crippen molar-refractivity contribution in [2.45, 2.75) is 25.3 Å². The first kappa shape index (κ1) is 18.3. The third-order valence-corrected chi connectivity index (χ3v) is 3.05. The summed E-state index contributed by atoms with van der Waals surface area (Å²) in [5.74, 6) is -0.368. The van der Waals surface area contributed by atoms with Gasteiger partial charge in [0.05, 0.1) is 20.3 Å². The zero-order valence-electron chi connectivity index (χ0n) is 12.6. The van der Waals surface area contributed by atoms with Crippen LogP contribution in [0.2, 0.25) is 0 Å². The Labute approximate surface area is 116 Å². The van der Waals surface area contributed by atoms with Crippen molar-refractivity contribution in [2.24, 2.45) is 5.73 Å². The summed E-state index contributed by atoms with van der Waals surface area (Å²) in [7, 11) is 4.72. The van der Waals surface area contributed by atoms with Crippen LogP contribution in [-0.4, -0.2) is 70.6 Å². The number of esters is 1. The van der Waals surface area contributed by atoms with E-state index in [1.165, 1.54) is 7.11 Å². The number of hydrogen-bond donors (Lipinski definition) is 1. The highest BCUT2D eigenvalue weighted by atomic mass is 16.5. The van der Waals surface area contributed by atoms with E-state index in [9.17, 15) is 4.79 Å². The van der Waals surface area contributed by atoms with E-state index in [1.807, 2.05) is 0 Å². The van der Waals surface area contributed by atoms with Gasteiger partial charge in [0, 0.05) is 27.3 Å². The van der Waals surface area contributed by atoms with Crippen LogP contribution >= 0.6 is 0 Å². The fourth-order valence-electron chi connectivity index (χ4n) is 1.78. The Hall–Kier alpha value is -0.690. The first-order valence-electron chi connectivity index (χ1n) is 6.55. The summed E-state index contributed by atoms with van der Waals surface area (Å²) >= 11 is 0. The molecule has 0 radical (unpaired) electrons. The van der Waals surface area contributed by atoms with Gasteiger partial charge in [0.15, 0.2) is 0 Å². The molecule has 114 valence electrons. The van der Waals surface area contributed by atoms with Crippen LogP contribution in [0.4, 0.5) is 0 Å². The van der Waals surface area contributed by atoms with Gasteiger partial charge in [0.25, 0.3) is 0 Å². The molecule has 0 aromatic rings. The zero-order valence-corrected chi connectivity index (χ0v) is 12.6. The van der Waals surface area contributed by atoms with E-state index in [2.05, 4.69) is 9.64 Å². The lowest BCUT2D eigenvalue weighted by molar-refractivity contribution is -0.146. The van der Waals surface area contributed by atoms with Gasteiger partial charge in [-0.3, -0.25) is 9.69 Å². The predicted molar refractivity (Wildman–Crippen MR) is 74.0 cm³/mol. The summed E-state index contributed by atoms with van der Waals surface area (Å²) < 4.78 is 14.8. The van der Waals surface area contributed by atoms with Crippen molar-refractivity contribution in [1.29, 1.82) is 0 Å². The average molecular weight is 276 g/mol. The number of carbonyl (C=O) groups is 1. The summed E-state index contributed by atoms with van der Waals surface area (Å²) in [6, 6.07) is 0. The highest BCUT2D eigenvalue weighted by Gasteiger charge is 2.28. The number of ether oxygens (including phenoxy) is 3. The van der Waals surface area contributed by atoms with Crippen molar-refractivity contribution in [3.63, 3.8) is 0 Å². The quantitative estimate of drug-likeness (QED) is 0.545. The van der Waals surface area contributed by atoms with Crippen LogP contribution < -0.4 is 5.73 Å². The van der Waals surface area contributed by atoms with Gasteiger partial charge in [-0.1, -0.05) is 0 Å². The third kappa shape index (κ3) is 8.15. The van der Waals surface area contributed by atoms with Crippen LogP contribution in [0.25, 0.3) is 0 Å². The lowest BCUT2D eigenvalue weighted by Crippen LogP contribution is -2.46. The molecular formula is C13H28N2O4. The monoisotopic (exact) mass is 276 g/mol. The molecular weight excluding hydrogens is 248 g/mol.